The number of rotatable bonds is 3. The molecule has 2 aromatic rings. The van der Waals surface area contributed by atoms with E-state index in [9.17, 15) is 22.0 Å². The van der Waals surface area contributed by atoms with E-state index < -0.39 is 40.5 Å². The van der Waals surface area contributed by atoms with Crippen LogP contribution in [-0.4, -0.2) is 0 Å². The molecule has 0 amide bonds. The highest BCUT2D eigenvalue weighted by molar-refractivity contribution is 9.10. The predicted molar refractivity (Wildman–Crippen MR) is 67.6 cm³/mol. The molecule has 0 saturated carbocycles. The molecule has 2 N–H and O–H groups in total. The number of benzene rings is 2. The van der Waals surface area contributed by atoms with E-state index >= 15 is 0 Å². The van der Waals surface area contributed by atoms with Gasteiger partial charge in [0, 0.05) is 16.6 Å². The average Bonchev–Trinajstić information content (AvgIpc) is 2.30. The van der Waals surface area contributed by atoms with Gasteiger partial charge in [0.05, 0.1) is 0 Å². The van der Waals surface area contributed by atoms with Crippen LogP contribution in [0.1, 0.15) is 0 Å². The number of halogens is 6. The Hall–Kier alpha value is -1.83. The van der Waals surface area contributed by atoms with Crippen molar-refractivity contribution in [3.8, 4) is 0 Å². The lowest BCUT2D eigenvalue weighted by atomic mass is 10.3. The summed E-state index contributed by atoms with van der Waals surface area (Å²) in [6, 6.07) is 2.79. The Bertz CT molecular complexity index is 559. The molecule has 0 aliphatic carbocycles. The van der Waals surface area contributed by atoms with E-state index in [0.717, 1.165) is 12.1 Å². The van der Waals surface area contributed by atoms with Gasteiger partial charge in [-0.1, -0.05) is 15.9 Å². The van der Waals surface area contributed by atoms with E-state index in [1.165, 1.54) is 0 Å². The Labute approximate surface area is 118 Å². The van der Waals surface area contributed by atoms with Crippen molar-refractivity contribution in [3.63, 3.8) is 0 Å². The Morgan fingerprint density at radius 2 is 1.00 bits per heavy atom. The summed E-state index contributed by atoms with van der Waals surface area (Å²) in [5.74, 6) is -5.55. The van der Waals surface area contributed by atoms with Crippen molar-refractivity contribution in [2.45, 2.75) is 0 Å². The summed E-state index contributed by atoms with van der Waals surface area (Å²) in [7, 11) is 0. The van der Waals surface area contributed by atoms with Crippen molar-refractivity contribution < 1.29 is 22.0 Å². The maximum Gasteiger partial charge on any atom is 0.154 e. The van der Waals surface area contributed by atoms with Crippen molar-refractivity contribution in [2.75, 3.05) is 10.9 Å². The van der Waals surface area contributed by atoms with Crippen molar-refractivity contribution in [1.82, 2.24) is 0 Å². The quantitative estimate of drug-likeness (QED) is 0.623. The lowest BCUT2D eigenvalue weighted by molar-refractivity contribution is 0.547. The lowest BCUT2D eigenvalue weighted by Gasteiger charge is -2.13. The highest BCUT2D eigenvalue weighted by Crippen LogP contribution is 2.25. The van der Waals surface area contributed by atoms with Gasteiger partial charge in [-0.3, -0.25) is 10.9 Å². The first-order valence-electron chi connectivity index (χ1n) is 5.19. The van der Waals surface area contributed by atoms with Gasteiger partial charge in [-0.25, -0.2) is 22.0 Å². The van der Waals surface area contributed by atoms with E-state index in [1.54, 1.807) is 0 Å². The summed E-state index contributed by atoms with van der Waals surface area (Å²) in [6.45, 7) is 0. The second kappa shape index (κ2) is 5.66. The van der Waals surface area contributed by atoms with Gasteiger partial charge in [0.1, 0.15) is 17.2 Å². The van der Waals surface area contributed by atoms with Gasteiger partial charge in [0.15, 0.2) is 23.3 Å². The van der Waals surface area contributed by atoms with Gasteiger partial charge in [-0.15, -0.1) is 0 Å². The van der Waals surface area contributed by atoms with Gasteiger partial charge >= 0.3 is 0 Å². The molecular formula is C12H6BrF5N2. The minimum Gasteiger partial charge on any atom is -0.295 e. The molecule has 0 atom stereocenters. The minimum absolute atomic E-state index is 0.164. The smallest absolute Gasteiger partial charge is 0.154 e. The molecule has 0 aliphatic heterocycles. The van der Waals surface area contributed by atoms with Crippen LogP contribution >= 0.6 is 15.9 Å². The second-order valence-corrected chi connectivity index (χ2v) is 4.65. The molecule has 0 saturated heterocycles. The molecule has 0 fully saturated rings. The van der Waals surface area contributed by atoms with Crippen molar-refractivity contribution in [2.24, 2.45) is 0 Å². The number of hydrogen-bond donors (Lipinski definition) is 2. The van der Waals surface area contributed by atoms with Crippen molar-refractivity contribution >= 4 is 27.3 Å². The summed E-state index contributed by atoms with van der Waals surface area (Å²) in [5.41, 5.74) is 2.58. The van der Waals surface area contributed by atoms with Crippen LogP contribution in [-0.2, 0) is 0 Å². The van der Waals surface area contributed by atoms with Crippen LogP contribution in [0.25, 0.3) is 0 Å². The molecule has 0 unspecified atom stereocenters. The van der Waals surface area contributed by atoms with E-state index in [2.05, 4.69) is 15.9 Å². The van der Waals surface area contributed by atoms with Crippen LogP contribution in [0.2, 0.25) is 0 Å². The largest absolute Gasteiger partial charge is 0.295 e. The topological polar surface area (TPSA) is 24.1 Å². The molecule has 0 bridgehead atoms. The van der Waals surface area contributed by atoms with Crippen LogP contribution in [0.5, 0.6) is 0 Å². The zero-order chi connectivity index (χ0) is 14.9. The maximum absolute atomic E-state index is 13.5. The van der Waals surface area contributed by atoms with Gasteiger partial charge in [0.2, 0.25) is 0 Å². The van der Waals surface area contributed by atoms with Crippen LogP contribution < -0.4 is 10.9 Å². The summed E-state index contributed by atoms with van der Waals surface area (Å²) in [5, 5.41) is 0. The summed E-state index contributed by atoms with van der Waals surface area (Å²) in [4.78, 5) is 0. The first-order valence-corrected chi connectivity index (χ1v) is 5.99. The minimum atomic E-state index is -1.24. The van der Waals surface area contributed by atoms with E-state index in [0.29, 0.717) is 12.1 Å². The molecule has 0 aromatic heterocycles. The highest BCUT2D eigenvalue weighted by atomic mass is 79.9. The zero-order valence-electron chi connectivity index (χ0n) is 9.58. The van der Waals surface area contributed by atoms with Crippen LogP contribution in [0.15, 0.2) is 28.7 Å². The normalized spacial score (nSPS) is 10.5. The predicted octanol–water partition coefficient (Wildman–Crippen LogP) is 4.58. The van der Waals surface area contributed by atoms with Gasteiger partial charge < -0.3 is 0 Å². The fourth-order valence-corrected chi connectivity index (χ4v) is 1.85. The maximum atomic E-state index is 13.5. The highest BCUT2D eigenvalue weighted by Gasteiger charge is 2.14. The SMILES string of the molecule is Fc1cc(F)c(NNc2c(F)cc(Br)cc2F)c(F)c1. The molecule has 8 heteroatoms. The standard InChI is InChI=1S/C12H6BrF5N2/c13-5-1-7(15)11(8(16)2-5)19-20-12-9(17)3-6(14)4-10(12)18/h1-4,19-20H. The molecule has 0 heterocycles. The second-order valence-electron chi connectivity index (χ2n) is 3.74. The molecule has 20 heavy (non-hydrogen) atoms. The molecule has 0 spiro atoms. The summed E-state index contributed by atoms with van der Waals surface area (Å²) >= 11 is 2.88. The Morgan fingerprint density at radius 3 is 1.40 bits per heavy atom. The monoisotopic (exact) mass is 352 g/mol. The van der Waals surface area contributed by atoms with Crippen molar-refractivity contribution in [1.29, 1.82) is 0 Å². The molecule has 2 rings (SSSR count). The Morgan fingerprint density at radius 1 is 0.650 bits per heavy atom. The molecule has 0 radical (unpaired) electrons. The molecule has 0 aliphatic rings. The summed E-state index contributed by atoms with van der Waals surface area (Å²) < 4.78 is 66.4. The molecular weight excluding hydrogens is 347 g/mol. The van der Waals surface area contributed by atoms with Gasteiger partial charge in [-0.2, -0.15) is 0 Å². The molecule has 2 nitrogen and oxygen atoms in total. The Kier molecular flexibility index (Phi) is 4.12. The zero-order valence-corrected chi connectivity index (χ0v) is 11.2. The van der Waals surface area contributed by atoms with Crippen LogP contribution in [0, 0.1) is 29.1 Å². The van der Waals surface area contributed by atoms with Crippen molar-refractivity contribution in [3.05, 3.63) is 57.8 Å². The van der Waals surface area contributed by atoms with E-state index in [4.69, 9.17) is 0 Å². The number of hydrogen-bond acceptors (Lipinski definition) is 2. The average molecular weight is 353 g/mol. The Balaban J connectivity index is 2.26. The number of anilines is 2. The first-order chi connectivity index (χ1) is 9.38. The van der Waals surface area contributed by atoms with Crippen LogP contribution in [0.4, 0.5) is 33.3 Å². The fraction of sp³-hybridized carbons (Fsp3) is 0. The third-order valence-electron chi connectivity index (χ3n) is 2.33. The number of nitrogens with one attached hydrogen (secondary N) is 2. The van der Waals surface area contributed by atoms with Crippen LogP contribution in [0.3, 0.4) is 0 Å². The third kappa shape index (κ3) is 3.01. The van der Waals surface area contributed by atoms with Gasteiger partial charge in [0.25, 0.3) is 0 Å². The van der Waals surface area contributed by atoms with E-state index in [-0.39, 0.29) is 4.47 Å². The van der Waals surface area contributed by atoms with Gasteiger partial charge in [-0.05, 0) is 12.1 Å². The molecule has 2 aromatic carbocycles. The number of hydrazine groups is 1. The fourth-order valence-electron chi connectivity index (χ4n) is 1.45. The summed E-state index contributed by atoms with van der Waals surface area (Å²) in [6.07, 6.45) is 0. The lowest BCUT2D eigenvalue weighted by Crippen LogP contribution is -2.14. The van der Waals surface area contributed by atoms with E-state index in [1.807, 2.05) is 10.9 Å². The third-order valence-corrected chi connectivity index (χ3v) is 2.78. The molecule has 106 valence electrons. The first kappa shape index (κ1) is 14.6.